The molecular formula is C28H50N4O8. The van der Waals surface area contributed by atoms with E-state index in [0.717, 1.165) is 65.2 Å². The molecule has 0 aromatic rings. The largest absolute Gasteiger partial charge is 0.473 e. The summed E-state index contributed by atoms with van der Waals surface area (Å²) in [5.41, 5.74) is -0.0494. The average molecular weight is 571 g/mol. The highest BCUT2D eigenvalue weighted by Gasteiger charge is 2.42. The Morgan fingerprint density at radius 2 is 0.900 bits per heavy atom. The van der Waals surface area contributed by atoms with Crippen molar-refractivity contribution in [2.45, 2.75) is 91.3 Å². The van der Waals surface area contributed by atoms with Gasteiger partial charge in [-0.1, -0.05) is 0 Å². The SMILES string of the molecule is CC(C)(C)OC(=O)N1CCC2(CCNCC2)C1.CC(C)(C)OC(=O)N1CCC2(CCNCC2)C1.O=C(O)C(=O)O. The first-order chi connectivity index (χ1) is 18.4. The molecule has 4 fully saturated rings. The van der Waals surface area contributed by atoms with Crippen molar-refractivity contribution < 1.29 is 38.9 Å². The van der Waals surface area contributed by atoms with Crippen LogP contribution in [0.25, 0.3) is 0 Å². The molecule has 0 aromatic carbocycles. The fourth-order valence-electron chi connectivity index (χ4n) is 5.57. The van der Waals surface area contributed by atoms with Gasteiger partial charge in [0.15, 0.2) is 0 Å². The van der Waals surface area contributed by atoms with Gasteiger partial charge in [0.05, 0.1) is 0 Å². The maximum absolute atomic E-state index is 12.0. The zero-order valence-electron chi connectivity index (χ0n) is 25.1. The second-order valence-corrected chi connectivity index (χ2v) is 13.4. The van der Waals surface area contributed by atoms with Gasteiger partial charge in [-0.15, -0.1) is 0 Å². The number of amides is 2. The van der Waals surface area contributed by atoms with Gasteiger partial charge in [0.25, 0.3) is 0 Å². The van der Waals surface area contributed by atoms with Gasteiger partial charge in [0, 0.05) is 26.2 Å². The molecule has 0 saturated carbocycles. The smallest absolute Gasteiger partial charge is 0.414 e. The van der Waals surface area contributed by atoms with Crippen molar-refractivity contribution in [3.05, 3.63) is 0 Å². The van der Waals surface area contributed by atoms with E-state index in [2.05, 4.69) is 10.6 Å². The van der Waals surface area contributed by atoms with Crippen LogP contribution in [0.15, 0.2) is 0 Å². The zero-order valence-corrected chi connectivity index (χ0v) is 25.1. The lowest BCUT2D eigenvalue weighted by molar-refractivity contribution is -0.159. The molecule has 0 aromatic heterocycles. The first-order valence-electron chi connectivity index (χ1n) is 14.3. The molecule has 12 heteroatoms. The number of nitrogens with zero attached hydrogens (tertiary/aromatic N) is 2. The minimum Gasteiger partial charge on any atom is -0.473 e. The molecule has 4 N–H and O–H groups in total. The predicted molar refractivity (Wildman–Crippen MR) is 149 cm³/mol. The van der Waals surface area contributed by atoms with Crippen LogP contribution < -0.4 is 10.6 Å². The molecule has 40 heavy (non-hydrogen) atoms. The normalized spacial score (nSPS) is 21.6. The summed E-state index contributed by atoms with van der Waals surface area (Å²) in [6.07, 6.45) is 6.72. The van der Waals surface area contributed by atoms with E-state index in [1.54, 1.807) is 0 Å². The van der Waals surface area contributed by atoms with Gasteiger partial charge in [0.1, 0.15) is 11.2 Å². The number of likely N-dealkylation sites (tertiary alicyclic amines) is 2. The highest BCUT2D eigenvalue weighted by atomic mass is 16.6. The van der Waals surface area contributed by atoms with Crippen LogP contribution in [-0.2, 0) is 19.1 Å². The molecule has 0 atom stereocenters. The summed E-state index contributed by atoms with van der Waals surface area (Å²) in [4.78, 5) is 45.9. The Balaban J connectivity index is 0.000000234. The number of carbonyl (C=O) groups excluding carboxylic acids is 2. The molecule has 4 heterocycles. The van der Waals surface area contributed by atoms with Gasteiger partial charge in [-0.05, 0) is 117 Å². The Morgan fingerprint density at radius 3 is 1.15 bits per heavy atom. The Hall–Kier alpha value is -2.60. The second kappa shape index (κ2) is 13.8. The third kappa shape index (κ3) is 11.1. The van der Waals surface area contributed by atoms with E-state index in [1.165, 1.54) is 25.7 Å². The van der Waals surface area contributed by atoms with E-state index < -0.39 is 11.9 Å². The number of aliphatic carboxylic acids is 2. The number of nitrogens with one attached hydrogen (secondary N) is 2. The van der Waals surface area contributed by atoms with Crippen molar-refractivity contribution in [1.29, 1.82) is 0 Å². The van der Waals surface area contributed by atoms with Crippen molar-refractivity contribution in [3.63, 3.8) is 0 Å². The first-order valence-corrected chi connectivity index (χ1v) is 14.3. The van der Waals surface area contributed by atoms with Crippen molar-refractivity contribution in [3.8, 4) is 0 Å². The maximum Gasteiger partial charge on any atom is 0.414 e. The van der Waals surface area contributed by atoms with Crippen LogP contribution in [0.1, 0.15) is 80.1 Å². The summed E-state index contributed by atoms with van der Waals surface area (Å²) < 4.78 is 10.9. The number of carbonyl (C=O) groups is 4. The van der Waals surface area contributed by atoms with Gasteiger partial charge in [-0.2, -0.15) is 0 Å². The molecule has 230 valence electrons. The summed E-state index contributed by atoms with van der Waals surface area (Å²) >= 11 is 0. The standard InChI is InChI=1S/2C13H24N2O2.C2H2O4/c2*1-12(2,3)17-11(16)15-9-6-13(10-15)4-7-14-8-5-13;3-1(4)2(5)6/h2*14H,4-10H2,1-3H3;(H,3,4)(H,5,6). The molecule has 4 aliphatic rings. The Kier molecular flexibility index (Phi) is 11.6. The molecule has 0 bridgehead atoms. The van der Waals surface area contributed by atoms with E-state index in [0.29, 0.717) is 10.8 Å². The van der Waals surface area contributed by atoms with E-state index >= 15 is 0 Å². The van der Waals surface area contributed by atoms with E-state index in [9.17, 15) is 9.59 Å². The summed E-state index contributed by atoms with van der Waals surface area (Å²) in [7, 11) is 0. The van der Waals surface area contributed by atoms with Crippen molar-refractivity contribution in [1.82, 2.24) is 20.4 Å². The molecule has 4 rings (SSSR count). The summed E-state index contributed by atoms with van der Waals surface area (Å²) in [6.45, 7) is 19.3. The van der Waals surface area contributed by atoms with Gasteiger partial charge < -0.3 is 40.1 Å². The number of ether oxygens (including phenoxy) is 2. The van der Waals surface area contributed by atoms with Crippen LogP contribution >= 0.6 is 0 Å². The van der Waals surface area contributed by atoms with Gasteiger partial charge >= 0.3 is 24.1 Å². The van der Waals surface area contributed by atoms with Crippen LogP contribution in [0.2, 0.25) is 0 Å². The van der Waals surface area contributed by atoms with Crippen molar-refractivity contribution in [2.24, 2.45) is 10.8 Å². The number of hydrogen-bond acceptors (Lipinski definition) is 8. The quantitative estimate of drug-likeness (QED) is 0.319. The lowest BCUT2D eigenvalue weighted by Crippen LogP contribution is -2.41. The van der Waals surface area contributed by atoms with Crippen LogP contribution in [0.5, 0.6) is 0 Å². The van der Waals surface area contributed by atoms with Gasteiger partial charge in [0.2, 0.25) is 0 Å². The van der Waals surface area contributed by atoms with E-state index in [4.69, 9.17) is 29.3 Å². The lowest BCUT2D eigenvalue weighted by atomic mass is 9.78. The third-order valence-corrected chi connectivity index (χ3v) is 7.69. The molecule has 2 amide bonds. The summed E-state index contributed by atoms with van der Waals surface area (Å²) in [5, 5.41) is 21.5. The topological polar surface area (TPSA) is 158 Å². The summed E-state index contributed by atoms with van der Waals surface area (Å²) in [5.74, 6) is -3.65. The lowest BCUT2D eigenvalue weighted by Gasteiger charge is -2.33. The van der Waals surface area contributed by atoms with Crippen LogP contribution in [-0.4, -0.2) is 108 Å². The maximum atomic E-state index is 12.0. The van der Waals surface area contributed by atoms with Gasteiger partial charge in [-0.3, -0.25) is 0 Å². The van der Waals surface area contributed by atoms with Crippen LogP contribution in [0.3, 0.4) is 0 Å². The Bertz CT molecular complexity index is 812. The van der Waals surface area contributed by atoms with Gasteiger partial charge in [-0.25, -0.2) is 19.2 Å². The monoisotopic (exact) mass is 570 g/mol. The minimum atomic E-state index is -1.82. The molecule has 0 radical (unpaired) electrons. The number of carboxylic acids is 2. The molecular weight excluding hydrogens is 520 g/mol. The first kappa shape index (κ1) is 33.6. The molecule has 2 spiro atoms. The Morgan fingerprint density at radius 1 is 0.600 bits per heavy atom. The summed E-state index contributed by atoms with van der Waals surface area (Å²) in [6, 6.07) is 0. The molecule has 4 aliphatic heterocycles. The number of carboxylic acid groups (broad SMARTS) is 2. The number of piperidine rings is 2. The molecule has 0 unspecified atom stereocenters. The molecule has 4 saturated heterocycles. The van der Waals surface area contributed by atoms with Crippen LogP contribution in [0, 0.1) is 10.8 Å². The van der Waals surface area contributed by atoms with E-state index in [-0.39, 0.29) is 23.4 Å². The second-order valence-electron chi connectivity index (χ2n) is 13.4. The van der Waals surface area contributed by atoms with Crippen LogP contribution in [0.4, 0.5) is 9.59 Å². The molecule has 0 aliphatic carbocycles. The number of rotatable bonds is 0. The fourth-order valence-corrected chi connectivity index (χ4v) is 5.57. The Labute approximate surface area is 238 Å². The fraction of sp³-hybridized carbons (Fsp3) is 0.857. The minimum absolute atomic E-state index is 0.145. The van der Waals surface area contributed by atoms with Crippen molar-refractivity contribution >= 4 is 24.1 Å². The highest BCUT2D eigenvalue weighted by Crippen LogP contribution is 2.40. The predicted octanol–water partition coefficient (Wildman–Crippen LogP) is 3.15. The van der Waals surface area contributed by atoms with E-state index in [1.807, 2.05) is 51.3 Å². The average Bonchev–Trinajstić information content (AvgIpc) is 3.44. The molecule has 12 nitrogen and oxygen atoms in total. The van der Waals surface area contributed by atoms with Crippen molar-refractivity contribution in [2.75, 3.05) is 52.4 Å². The number of hydrogen-bond donors (Lipinski definition) is 4. The highest BCUT2D eigenvalue weighted by molar-refractivity contribution is 6.27. The third-order valence-electron chi connectivity index (χ3n) is 7.69. The zero-order chi connectivity index (χ0) is 30.2.